The lowest BCUT2D eigenvalue weighted by atomic mass is 10.1. The highest BCUT2D eigenvalue weighted by atomic mass is 35.5. The number of carbonyl (C=O) groups is 2. The molecule has 1 N–H and O–H groups in total. The first-order chi connectivity index (χ1) is 18.8. The number of halogens is 2. The van der Waals surface area contributed by atoms with Crippen molar-refractivity contribution in [1.82, 2.24) is 10.2 Å². The third kappa shape index (κ3) is 7.99. The van der Waals surface area contributed by atoms with E-state index in [2.05, 4.69) is 5.32 Å². The van der Waals surface area contributed by atoms with Crippen LogP contribution in [0.3, 0.4) is 0 Å². The number of amides is 2. The van der Waals surface area contributed by atoms with Crippen LogP contribution >= 0.6 is 23.2 Å². The second-order valence-corrected chi connectivity index (χ2v) is 13.0. The zero-order valence-corrected chi connectivity index (χ0v) is 25.4. The van der Waals surface area contributed by atoms with Gasteiger partial charge in [0.05, 0.1) is 20.6 Å². The van der Waals surface area contributed by atoms with Gasteiger partial charge in [0.25, 0.3) is 10.0 Å². The van der Waals surface area contributed by atoms with Crippen molar-refractivity contribution in [2.75, 3.05) is 17.4 Å². The predicted molar refractivity (Wildman–Crippen MR) is 161 cm³/mol. The van der Waals surface area contributed by atoms with Gasteiger partial charge in [-0.15, -0.1) is 0 Å². The Bertz CT molecular complexity index is 1410. The summed E-state index contributed by atoms with van der Waals surface area (Å²) in [7, 11) is -4.23. The van der Waals surface area contributed by atoms with Crippen molar-refractivity contribution >= 4 is 50.7 Å². The molecule has 0 unspecified atom stereocenters. The van der Waals surface area contributed by atoms with Crippen LogP contribution in [0.2, 0.25) is 10.0 Å². The SMILES string of the molecule is CC[C@H](C(=O)NC(C)(C)C)N(CCc1ccccc1)C(=O)CN(c1cccc(Cl)c1Cl)S(=O)(=O)c1ccccc1. The van der Waals surface area contributed by atoms with Crippen LogP contribution < -0.4 is 9.62 Å². The molecule has 0 aliphatic rings. The number of benzene rings is 3. The molecule has 1 atom stereocenters. The minimum Gasteiger partial charge on any atom is -0.350 e. The molecule has 0 aliphatic carbocycles. The van der Waals surface area contributed by atoms with E-state index in [9.17, 15) is 18.0 Å². The smallest absolute Gasteiger partial charge is 0.264 e. The van der Waals surface area contributed by atoms with Gasteiger partial charge >= 0.3 is 0 Å². The fourth-order valence-corrected chi connectivity index (χ4v) is 6.16. The van der Waals surface area contributed by atoms with E-state index < -0.39 is 34.1 Å². The largest absolute Gasteiger partial charge is 0.350 e. The summed E-state index contributed by atoms with van der Waals surface area (Å²) in [6.45, 7) is 7.05. The zero-order valence-electron chi connectivity index (χ0n) is 23.1. The molecule has 3 rings (SSSR count). The van der Waals surface area contributed by atoms with Gasteiger partial charge < -0.3 is 10.2 Å². The van der Waals surface area contributed by atoms with Gasteiger partial charge in [0, 0.05) is 12.1 Å². The van der Waals surface area contributed by atoms with Gasteiger partial charge in [0.15, 0.2) is 0 Å². The van der Waals surface area contributed by atoms with Crippen LogP contribution in [0.5, 0.6) is 0 Å². The Kier molecular flexibility index (Phi) is 10.6. The van der Waals surface area contributed by atoms with Crippen molar-refractivity contribution in [3.63, 3.8) is 0 Å². The number of sulfonamides is 1. The number of anilines is 1. The standard InChI is InChI=1S/C30H35Cl2N3O4S/c1-5-25(29(37)33-30(2,3)4)34(20-19-22-13-8-6-9-14-22)27(36)21-35(26-18-12-17-24(31)28(26)32)40(38,39)23-15-10-7-11-16-23/h6-18,25H,5,19-21H2,1-4H3,(H,33,37)/t25-/m1/s1. The van der Waals surface area contributed by atoms with Gasteiger partial charge in [0.1, 0.15) is 12.6 Å². The first-order valence-corrected chi connectivity index (χ1v) is 15.2. The van der Waals surface area contributed by atoms with E-state index in [-0.39, 0.29) is 33.1 Å². The van der Waals surface area contributed by atoms with Crippen molar-refractivity contribution in [3.05, 3.63) is 94.5 Å². The van der Waals surface area contributed by atoms with Gasteiger partial charge in [0.2, 0.25) is 11.8 Å². The highest BCUT2D eigenvalue weighted by molar-refractivity contribution is 7.92. The van der Waals surface area contributed by atoms with Gasteiger partial charge in [-0.1, -0.05) is 84.7 Å². The molecule has 214 valence electrons. The van der Waals surface area contributed by atoms with Crippen LogP contribution in [0.25, 0.3) is 0 Å². The topological polar surface area (TPSA) is 86.8 Å². The third-order valence-corrected chi connectivity index (χ3v) is 8.76. The fourth-order valence-electron chi connectivity index (χ4n) is 4.27. The molecule has 2 amide bonds. The highest BCUT2D eigenvalue weighted by Crippen LogP contribution is 2.35. The molecule has 0 aliphatic heterocycles. The molecule has 0 radical (unpaired) electrons. The van der Waals surface area contributed by atoms with E-state index in [0.29, 0.717) is 12.8 Å². The maximum Gasteiger partial charge on any atom is 0.264 e. The summed E-state index contributed by atoms with van der Waals surface area (Å²) >= 11 is 12.7. The monoisotopic (exact) mass is 603 g/mol. The number of nitrogens with one attached hydrogen (secondary N) is 1. The Morgan fingerprint density at radius 2 is 1.50 bits per heavy atom. The second kappa shape index (κ2) is 13.5. The summed E-state index contributed by atoms with van der Waals surface area (Å²) < 4.78 is 28.7. The van der Waals surface area contributed by atoms with E-state index in [1.807, 2.05) is 58.0 Å². The minimum atomic E-state index is -4.23. The maximum absolute atomic E-state index is 14.1. The maximum atomic E-state index is 14.1. The lowest BCUT2D eigenvalue weighted by Gasteiger charge is -2.35. The summed E-state index contributed by atoms with van der Waals surface area (Å²) in [5.41, 5.74) is 0.537. The van der Waals surface area contributed by atoms with Crippen LogP contribution in [0.15, 0.2) is 83.8 Å². The molecule has 0 heterocycles. The molecular weight excluding hydrogens is 569 g/mol. The Hall–Kier alpha value is -3.07. The molecule has 0 aromatic heterocycles. The van der Waals surface area contributed by atoms with Gasteiger partial charge in [-0.3, -0.25) is 13.9 Å². The molecule has 0 saturated carbocycles. The molecule has 10 heteroatoms. The lowest BCUT2D eigenvalue weighted by Crippen LogP contribution is -2.56. The first-order valence-electron chi connectivity index (χ1n) is 13.0. The summed E-state index contributed by atoms with van der Waals surface area (Å²) in [6.07, 6.45) is 0.820. The molecular formula is C30H35Cl2N3O4S. The molecule has 0 fully saturated rings. The molecule has 0 bridgehead atoms. The normalized spacial score (nSPS) is 12.4. The Morgan fingerprint density at radius 3 is 2.08 bits per heavy atom. The van der Waals surface area contributed by atoms with Crippen molar-refractivity contribution in [2.45, 2.75) is 57.0 Å². The average molecular weight is 605 g/mol. The van der Waals surface area contributed by atoms with E-state index in [0.717, 1.165) is 9.87 Å². The Labute approximate surface area is 247 Å². The Balaban J connectivity index is 2.05. The minimum absolute atomic E-state index is 0.00447. The van der Waals surface area contributed by atoms with Gasteiger partial charge in [-0.05, 0) is 63.4 Å². The molecule has 0 spiro atoms. The van der Waals surface area contributed by atoms with Gasteiger partial charge in [-0.2, -0.15) is 0 Å². The van der Waals surface area contributed by atoms with Crippen LogP contribution in [0.1, 0.15) is 39.7 Å². The van der Waals surface area contributed by atoms with Gasteiger partial charge in [-0.25, -0.2) is 8.42 Å². The molecule has 3 aromatic rings. The molecule has 40 heavy (non-hydrogen) atoms. The summed E-state index contributed by atoms with van der Waals surface area (Å²) in [6, 6.07) is 21.2. The number of rotatable bonds is 11. The highest BCUT2D eigenvalue weighted by Gasteiger charge is 2.35. The van der Waals surface area contributed by atoms with Crippen molar-refractivity contribution < 1.29 is 18.0 Å². The first kappa shape index (κ1) is 31.5. The van der Waals surface area contributed by atoms with E-state index in [1.54, 1.807) is 30.3 Å². The van der Waals surface area contributed by atoms with E-state index in [4.69, 9.17) is 23.2 Å². The third-order valence-electron chi connectivity index (χ3n) is 6.18. The molecule has 0 saturated heterocycles. The van der Waals surface area contributed by atoms with Crippen molar-refractivity contribution in [2.24, 2.45) is 0 Å². The number of nitrogens with zero attached hydrogens (tertiary/aromatic N) is 2. The fraction of sp³-hybridized carbons (Fsp3) is 0.333. The Morgan fingerprint density at radius 1 is 0.900 bits per heavy atom. The predicted octanol–water partition coefficient (Wildman–Crippen LogP) is 5.95. The number of carbonyl (C=O) groups excluding carboxylic acids is 2. The van der Waals surface area contributed by atoms with E-state index in [1.165, 1.54) is 23.1 Å². The quantitative estimate of drug-likeness (QED) is 0.293. The molecule has 7 nitrogen and oxygen atoms in total. The summed E-state index contributed by atoms with van der Waals surface area (Å²) in [5, 5.41) is 3.11. The van der Waals surface area contributed by atoms with Crippen LogP contribution in [-0.4, -0.2) is 49.8 Å². The molecule has 3 aromatic carbocycles. The number of hydrogen-bond donors (Lipinski definition) is 1. The number of hydrogen-bond acceptors (Lipinski definition) is 4. The summed E-state index contributed by atoms with van der Waals surface area (Å²) in [4.78, 5) is 28.9. The summed E-state index contributed by atoms with van der Waals surface area (Å²) in [5.74, 6) is -0.850. The second-order valence-electron chi connectivity index (χ2n) is 10.4. The average Bonchev–Trinajstić information content (AvgIpc) is 2.91. The van der Waals surface area contributed by atoms with E-state index >= 15 is 0 Å². The van der Waals surface area contributed by atoms with Crippen LogP contribution in [0, 0.1) is 0 Å². The van der Waals surface area contributed by atoms with Crippen molar-refractivity contribution in [3.8, 4) is 0 Å². The lowest BCUT2D eigenvalue weighted by molar-refractivity contribution is -0.140. The zero-order chi connectivity index (χ0) is 29.5. The van der Waals surface area contributed by atoms with Crippen molar-refractivity contribution in [1.29, 1.82) is 0 Å². The van der Waals surface area contributed by atoms with Crippen LogP contribution in [-0.2, 0) is 26.0 Å². The van der Waals surface area contributed by atoms with Crippen LogP contribution in [0.4, 0.5) is 5.69 Å².